The number of hydrogen-bond acceptors (Lipinski definition) is 6. The Morgan fingerprint density at radius 3 is 2.90 bits per heavy atom. The van der Waals surface area contributed by atoms with Crippen molar-refractivity contribution in [1.29, 1.82) is 0 Å². The van der Waals surface area contributed by atoms with Gasteiger partial charge >= 0.3 is 5.97 Å². The molecule has 0 saturated heterocycles. The zero-order valence-corrected chi connectivity index (χ0v) is 11.2. The predicted octanol–water partition coefficient (Wildman–Crippen LogP) is 1.31. The molecule has 9 heteroatoms. The molecule has 0 bridgehead atoms. The van der Waals surface area contributed by atoms with Gasteiger partial charge in [0.25, 0.3) is 5.69 Å². The lowest BCUT2D eigenvalue weighted by Crippen LogP contribution is -2.12. The van der Waals surface area contributed by atoms with Crippen molar-refractivity contribution < 1.29 is 14.8 Å². The third kappa shape index (κ3) is 3.32. The Labute approximate surface area is 119 Å². The molecule has 21 heavy (non-hydrogen) atoms. The second-order valence-corrected chi connectivity index (χ2v) is 4.31. The van der Waals surface area contributed by atoms with Gasteiger partial charge < -0.3 is 10.4 Å². The number of hydrogen-bond donors (Lipinski definition) is 2. The first-order valence-corrected chi connectivity index (χ1v) is 6.10. The van der Waals surface area contributed by atoms with Crippen molar-refractivity contribution in [2.24, 2.45) is 0 Å². The number of aromatic carboxylic acids is 1. The molecule has 0 aliphatic carbocycles. The number of rotatable bonds is 6. The Morgan fingerprint density at radius 1 is 1.52 bits per heavy atom. The molecule has 2 rings (SSSR count). The van der Waals surface area contributed by atoms with Gasteiger partial charge in [-0.05, 0) is 13.0 Å². The van der Waals surface area contributed by atoms with Gasteiger partial charge in [-0.15, -0.1) is 5.10 Å². The molecule has 0 aliphatic rings. The highest BCUT2D eigenvalue weighted by atomic mass is 16.6. The van der Waals surface area contributed by atoms with E-state index >= 15 is 0 Å². The fraction of sp³-hybridized carbons (Fsp3) is 0.250. The molecule has 1 heterocycles. The van der Waals surface area contributed by atoms with Crippen molar-refractivity contribution in [2.75, 3.05) is 11.9 Å². The summed E-state index contributed by atoms with van der Waals surface area (Å²) in [5.74, 6) is -1.14. The van der Waals surface area contributed by atoms with Crippen LogP contribution >= 0.6 is 0 Å². The smallest absolute Gasteiger partial charge is 0.358 e. The molecule has 0 radical (unpaired) electrons. The molecule has 1 aromatic carbocycles. The maximum Gasteiger partial charge on any atom is 0.358 e. The summed E-state index contributed by atoms with van der Waals surface area (Å²) in [6, 6.07) is 4.79. The fourth-order valence-electron chi connectivity index (χ4n) is 1.82. The zero-order chi connectivity index (χ0) is 15.4. The van der Waals surface area contributed by atoms with Crippen LogP contribution in [-0.4, -0.2) is 37.5 Å². The maximum atomic E-state index is 10.8. The third-order valence-electron chi connectivity index (χ3n) is 2.92. The van der Waals surface area contributed by atoms with E-state index in [9.17, 15) is 14.9 Å². The minimum atomic E-state index is -1.14. The van der Waals surface area contributed by atoms with Gasteiger partial charge in [-0.1, -0.05) is 11.3 Å². The van der Waals surface area contributed by atoms with Crippen LogP contribution in [0, 0.1) is 17.0 Å². The molecule has 0 fully saturated rings. The SMILES string of the molecule is Cc1c(NCCn2cc(C(=O)O)nn2)cccc1[N+](=O)[O-]. The van der Waals surface area contributed by atoms with Crippen LogP contribution in [0.5, 0.6) is 0 Å². The Kier molecular flexibility index (Phi) is 4.12. The average molecular weight is 291 g/mol. The lowest BCUT2D eigenvalue weighted by atomic mass is 10.1. The Hall–Kier alpha value is -2.97. The van der Waals surface area contributed by atoms with Crippen molar-refractivity contribution in [1.82, 2.24) is 15.0 Å². The van der Waals surface area contributed by atoms with Crippen molar-refractivity contribution in [2.45, 2.75) is 13.5 Å². The van der Waals surface area contributed by atoms with E-state index in [1.165, 1.54) is 16.9 Å². The Balaban J connectivity index is 1.98. The standard InChI is InChI=1S/C12H13N5O4/c1-8-9(3-2-4-11(8)17(20)21)13-5-6-16-7-10(12(18)19)14-15-16/h2-4,7,13H,5-6H2,1H3,(H,18,19). The van der Waals surface area contributed by atoms with Gasteiger partial charge in [0.15, 0.2) is 5.69 Å². The number of nitro groups is 1. The topological polar surface area (TPSA) is 123 Å². The largest absolute Gasteiger partial charge is 0.476 e. The molecule has 0 amide bonds. The quantitative estimate of drug-likeness (QED) is 0.607. The molecular formula is C12H13N5O4. The fourth-order valence-corrected chi connectivity index (χ4v) is 1.82. The second kappa shape index (κ2) is 5.99. The number of nitrogens with one attached hydrogen (secondary N) is 1. The van der Waals surface area contributed by atoms with Crippen molar-refractivity contribution >= 4 is 17.3 Å². The molecule has 2 aromatic rings. The molecular weight excluding hydrogens is 278 g/mol. The van der Waals surface area contributed by atoms with Crippen LogP contribution in [0.4, 0.5) is 11.4 Å². The maximum absolute atomic E-state index is 10.8. The number of aromatic nitrogens is 3. The summed E-state index contributed by atoms with van der Waals surface area (Å²) in [6.45, 7) is 2.49. The summed E-state index contributed by atoms with van der Waals surface area (Å²) in [5, 5.41) is 29.8. The van der Waals surface area contributed by atoms with E-state index in [0.29, 0.717) is 24.3 Å². The van der Waals surface area contributed by atoms with Crippen LogP contribution in [0.1, 0.15) is 16.1 Å². The van der Waals surface area contributed by atoms with E-state index in [1.54, 1.807) is 19.1 Å². The number of nitrogens with zero attached hydrogens (tertiary/aromatic N) is 4. The molecule has 9 nitrogen and oxygen atoms in total. The number of nitro benzene ring substituents is 1. The molecule has 0 saturated carbocycles. The Morgan fingerprint density at radius 2 is 2.29 bits per heavy atom. The van der Waals surface area contributed by atoms with Crippen LogP contribution in [0.3, 0.4) is 0 Å². The van der Waals surface area contributed by atoms with Gasteiger partial charge in [0.1, 0.15) is 0 Å². The lowest BCUT2D eigenvalue weighted by Gasteiger charge is -2.09. The molecule has 2 N–H and O–H groups in total. The number of anilines is 1. The highest BCUT2D eigenvalue weighted by Gasteiger charge is 2.13. The molecule has 110 valence electrons. The van der Waals surface area contributed by atoms with Crippen LogP contribution in [0.15, 0.2) is 24.4 Å². The van der Waals surface area contributed by atoms with Gasteiger partial charge in [0, 0.05) is 23.9 Å². The molecule has 1 aromatic heterocycles. The van der Waals surface area contributed by atoms with Crippen LogP contribution in [0.25, 0.3) is 0 Å². The van der Waals surface area contributed by atoms with E-state index in [0.717, 1.165) is 0 Å². The highest BCUT2D eigenvalue weighted by Crippen LogP contribution is 2.24. The van der Waals surface area contributed by atoms with Crippen molar-refractivity contribution in [3.63, 3.8) is 0 Å². The monoisotopic (exact) mass is 291 g/mol. The summed E-state index contributed by atoms with van der Waals surface area (Å²) in [6.07, 6.45) is 1.32. The zero-order valence-electron chi connectivity index (χ0n) is 11.2. The summed E-state index contributed by atoms with van der Waals surface area (Å²) < 4.78 is 1.39. The molecule has 0 atom stereocenters. The van der Waals surface area contributed by atoms with Crippen LogP contribution < -0.4 is 5.32 Å². The summed E-state index contributed by atoms with van der Waals surface area (Å²) >= 11 is 0. The van der Waals surface area contributed by atoms with E-state index < -0.39 is 10.9 Å². The molecule has 0 unspecified atom stereocenters. The van der Waals surface area contributed by atoms with Crippen molar-refractivity contribution in [3.8, 4) is 0 Å². The number of carbonyl (C=O) groups is 1. The van der Waals surface area contributed by atoms with Crippen LogP contribution in [-0.2, 0) is 6.54 Å². The minimum absolute atomic E-state index is 0.0499. The Bertz CT molecular complexity index is 682. The number of carboxylic acids is 1. The number of benzene rings is 1. The lowest BCUT2D eigenvalue weighted by molar-refractivity contribution is -0.385. The molecule has 0 spiro atoms. The summed E-state index contributed by atoms with van der Waals surface area (Å²) in [5.41, 5.74) is 1.13. The van der Waals surface area contributed by atoms with Gasteiger partial charge in [-0.25, -0.2) is 9.48 Å². The summed E-state index contributed by atoms with van der Waals surface area (Å²) in [7, 11) is 0. The second-order valence-electron chi connectivity index (χ2n) is 4.31. The van der Waals surface area contributed by atoms with E-state index in [4.69, 9.17) is 5.11 Å². The first-order chi connectivity index (χ1) is 9.99. The predicted molar refractivity (Wildman–Crippen MR) is 73.3 cm³/mol. The van der Waals surface area contributed by atoms with Gasteiger partial charge in [-0.3, -0.25) is 10.1 Å². The summed E-state index contributed by atoms with van der Waals surface area (Å²) in [4.78, 5) is 21.1. The van der Waals surface area contributed by atoms with Gasteiger partial charge in [0.2, 0.25) is 0 Å². The molecule has 0 aliphatic heterocycles. The highest BCUT2D eigenvalue weighted by molar-refractivity contribution is 5.84. The third-order valence-corrected chi connectivity index (χ3v) is 2.92. The average Bonchev–Trinajstić information content (AvgIpc) is 2.89. The van der Waals surface area contributed by atoms with E-state index in [2.05, 4.69) is 15.6 Å². The number of carboxylic acid groups (broad SMARTS) is 1. The normalized spacial score (nSPS) is 10.3. The first kappa shape index (κ1) is 14.4. The van der Waals surface area contributed by atoms with Gasteiger partial charge in [-0.2, -0.15) is 0 Å². The van der Waals surface area contributed by atoms with Gasteiger partial charge in [0.05, 0.1) is 17.7 Å². The van der Waals surface area contributed by atoms with E-state index in [1.807, 2.05) is 0 Å². The van der Waals surface area contributed by atoms with Crippen molar-refractivity contribution in [3.05, 3.63) is 45.8 Å². The van der Waals surface area contributed by atoms with Crippen LogP contribution in [0.2, 0.25) is 0 Å². The first-order valence-electron chi connectivity index (χ1n) is 6.10. The minimum Gasteiger partial charge on any atom is -0.476 e. The van der Waals surface area contributed by atoms with E-state index in [-0.39, 0.29) is 11.4 Å².